The van der Waals surface area contributed by atoms with E-state index in [4.69, 9.17) is 27.9 Å². The fraction of sp³-hybridized carbons (Fsp3) is 0.308. The van der Waals surface area contributed by atoms with Crippen molar-refractivity contribution in [1.82, 2.24) is 14.8 Å². The van der Waals surface area contributed by atoms with E-state index in [2.05, 4.69) is 10.1 Å². The number of esters is 1. The first-order chi connectivity index (χ1) is 9.59. The molecule has 1 unspecified atom stereocenters. The van der Waals surface area contributed by atoms with E-state index in [0.29, 0.717) is 29.4 Å². The van der Waals surface area contributed by atoms with Crippen molar-refractivity contribution in [1.29, 1.82) is 0 Å². The maximum atomic E-state index is 11.6. The summed E-state index contributed by atoms with van der Waals surface area (Å²) >= 11 is 12.2. The summed E-state index contributed by atoms with van der Waals surface area (Å²) in [5.74, 6) is -0.240. The molecule has 0 saturated carbocycles. The average Bonchev–Trinajstić information content (AvgIpc) is 3.00. The normalized spacial score (nSPS) is 22.0. The summed E-state index contributed by atoms with van der Waals surface area (Å²) in [6.07, 6.45) is 3.92. The van der Waals surface area contributed by atoms with Crippen LogP contribution in [0.25, 0.3) is 0 Å². The van der Waals surface area contributed by atoms with Gasteiger partial charge in [-0.15, -0.1) is 0 Å². The van der Waals surface area contributed by atoms with Gasteiger partial charge in [-0.25, -0.2) is 9.67 Å². The van der Waals surface area contributed by atoms with Crippen molar-refractivity contribution >= 4 is 29.2 Å². The minimum Gasteiger partial charge on any atom is -0.452 e. The van der Waals surface area contributed by atoms with Gasteiger partial charge in [0.2, 0.25) is 0 Å². The second-order valence-electron chi connectivity index (χ2n) is 4.69. The largest absolute Gasteiger partial charge is 0.452 e. The number of aromatic nitrogens is 3. The van der Waals surface area contributed by atoms with Crippen molar-refractivity contribution < 1.29 is 9.53 Å². The molecule has 20 heavy (non-hydrogen) atoms. The van der Waals surface area contributed by atoms with E-state index in [-0.39, 0.29) is 5.97 Å². The number of ether oxygens (including phenoxy) is 1. The third-order valence-corrected chi connectivity index (χ3v) is 3.90. The van der Waals surface area contributed by atoms with E-state index in [1.54, 1.807) is 29.2 Å². The molecule has 1 aromatic heterocycles. The van der Waals surface area contributed by atoms with Crippen LogP contribution in [-0.4, -0.2) is 20.7 Å². The third kappa shape index (κ3) is 2.39. The van der Waals surface area contributed by atoms with Gasteiger partial charge in [-0.05, 0) is 12.1 Å². The van der Waals surface area contributed by atoms with Crippen LogP contribution in [0.15, 0.2) is 30.9 Å². The predicted molar refractivity (Wildman–Crippen MR) is 73.5 cm³/mol. The first kappa shape index (κ1) is 13.4. The zero-order valence-corrected chi connectivity index (χ0v) is 11.9. The summed E-state index contributed by atoms with van der Waals surface area (Å²) in [6, 6.07) is 5.17. The standard InChI is InChI=1S/C13H11Cl2N3O2/c14-9-1-2-10(11(15)5-9)13(4-3-12(19)20-13)6-18-8-16-7-17-18/h1-2,5,7-8H,3-4,6H2. The lowest BCUT2D eigenvalue weighted by molar-refractivity contribution is -0.150. The lowest BCUT2D eigenvalue weighted by Gasteiger charge is -2.28. The Morgan fingerprint density at radius 3 is 2.85 bits per heavy atom. The highest BCUT2D eigenvalue weighted by atomic mass is 35.5. The molecule has 0 aliphatic carbocycles. The topological polar surface area (TPSA) is 57.0 Å². The number of hydrogen-bond donors (Lipinski definition) is 0. The molecule has 2 aromatic rings. The molecule has 1 saturated heterocycles. The van der Waals surface area contributed by atoms with Gasteiger partial charge in [0.05, 0.1) is 6.54 Å². The highest BCUT2D eigenvalue weighted by molar-refractivity contribution is 6.35. The van der Waals surface area contributed by atoms with Crippen molar-refractivity contribution in [3.63, 3.8) is 0 Å². The summed E-state index contributed by atoms with van der Waals surface area (Å²) in [4.78, 5) is 15.5. The Labute approximate surface area is 125 Å². The number of hydrogen-bond acceptors (Lipinski definition) is 4. The van der Waals surface area contributed by atoms with Gasteiger partial charge in [0.25, 0.3) is 0 Å². The summed E-state index contributed by atoms with van der Waals surface area (Å²) in [5.41, 5.74) is -0.0724. The Morgan fingerprint density at radius 2 is 2.25 bits per heavy atom. The predicted octanol–water partition coefficient (Wildman–Crippen LogP) is 2.82. The first-order valence-corrected chi connectivity index (χ1v) is 6.84. The summed E-state index contributed by atoms with van der Waals surface area (Å²) in [5, 5.41) is 5.09. The Hall–Kier alpha value is -1.59. The quantitative estimate of drug-likeness (QED) is 0.818. The number of rotatable bonds is 3. The number of carbonyl (C=O) groups excluding carboxylic acids is 1. The van der Waals surface area contributed by atoms with Crippen LogP contribution in [0.1, 0.15) is 18.4 Å². The smallest absolute Gasteiger partial charge is 0.306 e. The number of cyclic esters (lactones) is 1. The minimum atomic E-state index is -0.813. The van der Waals surface area contributed by atoms with Gasteiger partial charge < -0.3 is 4.74 Å². The molecular formula is C13H11Cl2N3O2. The zero-order chi connectivity index (χ0) is 14.2. The Bertz CT molecular complexity index is 645. The number of benzene rings is 1. The van der Waals surface area contributed by atoms with E-state index in [0.717, 1.165) is 5.56 Å². The lowest BCUT2D eigenvalue weighted by atomic mass is 9.90. The Balaban J connectivity index is 2.03. The minimum absolute atomic E-state index is 0.240. The highest BCUT2D eigenvalue weighted by Crippen LogP contribution is 2.42. The Kier molecular flexibility index (Phi) is 3.40. The van der Waals surface area contributed by atoms with Crippen LogP contribution < -0.4 is 0 Å². The molecule has 1 aromatic carbocycles. The van der Waals surface area contributed by atoms with Gasteiger partial charge >= 0.3 is 5.97 Å². The molecule has 0 spiro atoms. The molecule has 3 rings (SSSR count). The van der Waals surface area contributed by atoms with Crippen LogP contribution in [-0.2, 0) is 21.7 Å². The fourth-order valence-electron chi connectivity index (χ4n) is 2.45. The molecule has 0 bridgehead atoms. The Morgan fingerprint density at radius 1 is 1.40 bits per heavy atom. The van der Waals surface area contributed by atoms with Crippen LogP contribution >= 0.6 is 23.2 Å². The summed E-state index contributed by atoms with van der Waals surface area (Å²) in [7, 11) is 0. The van der Waals surface area contributed by atoms with E-state index in [1.807, 2.05) is 0 Å². The molecule has 7 heteroatoms. The van der Waals surface area contributed by atoms with Crippen LogP contribution in [0.3, 0.4) is 0 Å². The van der Waals surface area contributed by atoms with Crippen LogP contribution in [0.2, 0.25) is 10.0 Å². The van der Waals surface area contributed by atoms with Gasteiger partial charge in [0.15, 0.2) is 5.60 Å². The zero-order valence-electron chi connectivity index (χ0n) is 10.4. The molecule has 0 amide bonds. The summed E-state index contributed by atoms with van der Waals surface area (Å²) < 4.78 is 7.20. The summed E-state index contributed by atoms with van der Waals surface area (Å²) in [6.45, 7) is 0.375. The maximum Gasteiger partial charge on any atom is 0.306 e. The van der Waals surface area contributed by atoms with Crippen molar-refractivity contribution in [2.45, 2.75) is 25.0 Å². The van der Waals surface area contributed by atoms with Gasteiger partial charge in [-0.1, -0.05) is 29.3 Å². The van der Waals surface area contributed by atoms with Crippen molar-refractivity contribution in [3.8, 4) is 0 Å². The molecule has 2 heterocycles. The average molecular weight is 312 g/mol. The highest BCUT2D eigenvalue weighted by Gasteiger charge is 2.44. The number of halogens is 2. The number of nitrogens with zero attached hydrogens (tertiary/aromatic N) is 3. The van der Waals surface area contributed by atoms with E-state index < -0.39 is 5.60 Å². The van der Waals surface area contributed by atoms with Gasteiger partial charge in [0, 0.05) is 28.5 Å². The van der Waals surface area contributed by atoms with Crippen molar-refractivity contribution in [2.75, 3.05) is 0 Å². The second kappa shape index (κ2) is 5.07. The molecule has 104 valence electrons. The molecular weight excluding hydrogens is 301 g/mol. The lowest BCUT2D eigenvalue weighted by Crippen LogP contribution is -2.32. The van der Waals surface area contributed by atoms with Crippen LogP contribution in [0.5, 0.6) is 0 Å². The molecule has 1 aliphatic rings. The first-order valence-electron chi connectivity index (χ1n) is 6.09. The monoisotopic (exact) mass is 311 g/mol. The second-order valence-corrected chi connectivity index (χ2v) is 5.53. The molecule has 0 N–H and O–H groups in total. The fourth-order valence-corrected chi connectivity index (χ4v) is 3.03. The third-order valence-electron chi connectivity index (χ3n) is 3.35. The van der Waals surface area contributed by atoms with E-state index >= 15 is 0 Å². The number of carbonyl (C=O) groups is 1. The molecule has 0 radical (unpaired) electrons. The molecule has 1 fully saturated rings. The van der Waals surface area contributed by atoms with E-state index in [1.165, 1.54) is 6.33 Å². The molecule has 5 nitrogen and oxygen atoms in total. The van der Waals surface area contributed by atoms with Gasteiger partial charge in [-0.3, -0.25) is 4.79 Å². The van der Waals surface area contributed by atoms with Crippen molar-refractivity contribution in [3.05, 3.63) is 46.5 Å². The van der Waals surface area contributed by atoms with Crippen LogP contribution in [0, 0.1) is 0 Å². The SMILES string of the molecule is O=C1CCC(Cn2cncn2)(c2ccc(Cl)cc2Cl)O1. The van der Waals surface area contributed by atoms with Gasteiger partial charge in [-0.2, -0.15) is 5.10 Å². The van der Waals surface area contributed by atoms with E-state index in [9.17, 15) is 4.79 Å². The molecule has 1 atom stereocenters. The molecule has 1 aliphatic heterocycles. The maximum absolute atomic E-state index is 11.6. The van der Waals surface area contributed by atoms with Crippen LogP contribution in [0.4, 0.5) is 0 Å². The van der Waals surface area contributed by atoms with Gasteiger partial charge in [0.1, 0.15) is 12.7 Å². The van der Waals surface area contributed by atoms with Crippen molar-refractivity contribution in [2.24, 2.45) is 0 Å².